The lowest BCUT2D eigenvalue weighted by molar-refractivity contribution is 0.0938. The van der Waals surface area contributed by atoms with Gasteiger partial charge in [0.25, 0.3) is 11.8 Å². The molecule has 0 aliphatic heterocycles. The second kappa shape index (κ2) is 8.31. The summed E-state index contributed by atoms with van der Waals surface area (Å²) in [6.45, 7) is 4.17. The van der Waals surface area contributed by atoms with Crippen molar-refractivity contribution in [1.82, 2.24) is 5.32 Å². The van der Waals surface area contributed by atoms with Crippen LogP contribution in [0.1, 0.15) is 41.2 Å². The van der Waals surface area contributed by atoms with Gasteiger partial charge in [0, 0.05) is 17.8 Å². The molecule has 2 atom stereocenters. The summed E-state index contributed by atoms with van der Waals surface area (Å²) in [5.41, 5.74) is 0.970. The molecule has 3 N–H and O–H groups in total. The molecule has 0 radical (unpaired) electrons. The van der Waals surface area contributed by atoms with Gasteiger partial charge >= 0.3 is 0 Å². The lowest BCUT2D eigenvalue weighted by Crippen LogP contribution is -2.29. The van der Waals surface area contributed by atoms with Crippen LogP contribution in [0.15, 0.2) is 47.1 Å². The standard InChI is InChI=1S/C18H22N2O4/c1-12(9-13(2)21)11-19-17(22)14-5-3-6-15(10-14)20-18(23)16-7-4-8-24-16/h3-8,10,12-13,21H,9,11H2,1-2H3,(H,19,22)(H,20,23). The van der Waals surface area contributed by atoms with E-state index in [1.807, 2.05) is 6.92 Å². The van der Waals surface area contributed by atoms with Gasteiger partial charge < -0.3 is 20.2 Å². The number of nitrogens with one attached hydrogen (secondary N) is 2. The van der Waals surface area contributed by atoms with Crippen molar-refractivity contribution in [2.75, 3.05) is 11.9 Å². The second-order valence-electron chi connectivity index (χ2n) is 5.91. The van der Waals surface area contributed by atoms with Gasteiger partial charge in [-0.15, -0.1) is 0 Å². The minimum atomic E-state index is -0.392. The number of rotatable bonds is 7. The minimum absolute atomic E-state index is 0.177. The predicted molar refractivity (Wildman–Crippen MR) is 90.9 cm³/mol. The molecule has 1 heterocycles. The van der Waals surface area contributed by atoms with E-state index in [0.29, 0.717) is 24.2 Å². The normalized spacial score (nSPS) is 13.1. The van der Waals surface area contributed by atoms with E-state index in [1.54, 1.807) is 43.3 Å². The van der Waals surface area contributed by atoms with Crippen molar-refractivity contribution in [2.24, 2.45) is 5.92 Å². The fourth-order valence-electron chi connectivity index (χ4n) is 2.37. The molecule has 2 unspecified atom stereocenters. The van der Waals surface area contributed by atoms with Gasteiger partial charge in [-0.3, -0.25) is 9.59 Å². The summed E-state index contributed by atoms with van der Waals surface area (Å²) < 4.78 is 5.03. The zero-order valence-electron chi connectivity index (χ0n) is 13.8. The van der Waals surface area contributed by atoms with E-state index in [9.17, 15) is 14.7 Å². The fraction of sp³-hybridized carbons (Fsp3) is 0.333. The minimum Gasteiger partial charge on any atom is -0.459 e. The summed E-state index contributed by atoms with van der Waals surface area (Å²) >= 11 is 0. The lowest BCUT2D eigenvalue weighted by atomic mass is 10.0. The molecular weight excluding hydrogens is 308 g/mol. The van der Waals surface area contributed by atoms with Crippen LogP contribution in [0.2, 0.25) is 0 Å². The Labute approximate surface area is 140 Å². The zero-order chi connectivity index (χ0) is 17.5. The Hall–Kier alpha value is -2.60. The molecule has 1 aromatic heterocycles. The third-order valence-corrected chi connectivity index (χ3v) is 3.48. The van der Waals surface area contributed by atoms with Crippen molar-refractivity contribution in [3.8, 4) is 0 Å². The second-order valence-corrected chi connectivity index (χ2v) is 5.91. The van der Waals surface area contributed by atoms with E-state index in [2.05, 4.69) is 10.6 Å². The third kappa shape index (κ3) is 5.24. The van der Waals surface area contributed by atoms with Crippen LogP contribution in [0.3, 0.4) is 0 Å². The molecule has 6 nitrogen and oxygen atoms in total. The van der Waals surface area contributed by atoms with Crippen molar-refractivity contribution in [3.63, 3.8) is 0 Å². The topological polar surface area (TPSA) is 91.6 Å². The van der Waals surface area contributed by atoms with Crippen LogP contribution in [-0.4, -0.2) is 29.6 Å². The molecule has 0 bridgehead atoms. The first-order chi connectivity index (χ1) is 11.5. The summed E-state index contributed by atoms with van der Waals surface area (Å²) in [5, 5.41) is 14.9. The number of aliphatic hydroxyl groups excluding tert-OH is 1. The van der Waals surface area contributed by atoms with E-state index in [-0.39, 0.29) is 23.5 Å². The summed E-state index contributed by atoms with van der Waals surface area (Å²) in [6.07, 6.45) is 1.66. The Morgan fingerprint density at radius 1 is 1.17 bits per heavy atom. The van der Waals surface area contributed by atoms with E-state index >= 15 is 0 Å². The zero-order valence-corrected chi connectivity index (χ0v) is 13.8. The fourth-order valence-corrected chi connectivity index (χ4v) is 2.37. The highest BCUT2D eigenvalue weighted by atomic mass is 16.3. The first-order valence-corrected chi connectivity index (χ1v) is 7.87. The molecule has 1 aromatic carbocycles. The first-order valence-electron chi connectivity index (χ1n) is 7.87. The van der Waals surface area contributed by atoms with Crippen molar-refractivity contribution < 1.29 is 19.1 Å². The lowest BCUT2D eigenvalue weighted by Gasteiger charge is -2.14. The monoisotopic (exact) mass is 330 g/mol. The smallest absolute Gasteiger partial charge is 0.291 e. The molecule has 0 aliphatic rings. The van der Waals surface area contributed by atoms with E-state index in [0.717, 1.165) is 0 Å². The van der Waals surface area contributed by atoms with Gasteiger partial charge in [0.05, 0.1) is 12.4 Å². The van der Waals surface area contributed by atoms with Crippen molar-refractivity contribution in [1.29, 1.82) is 0 Å². The molecule has 2 rings (SSSR count). The Morgan fingerprint density at radius 2 is 1.96 bits per heavy atom. The highest BCUT2D eigenvalue weighted by molar-refractivity contribution is 6.03. The van der Waals surface area contributed by atoms with Crippen molar-refractivity contribution >= 4 is 17.5 Å². The first kappa shape index (κ1) is 17.7. The highest BCUT2D eigenvalue weighted by Crippen LogP contribution is 2.13. The number of hydrogen-bond donors (Lipinski definition) is 3. The molecule has 0 saturated carbocycles. The molecule has 0 saturated heterocycles. The third-order valence-electron chi connectivity index (χ3n) is 3.48. The molecular formula is C18H22N2O4. The van der Waals surface area contributed by atoms with Gasteiger partial charge in [0.1, 0.15) is 0 Å². The number of anilines is 1. The quantitative estimate of drug-likeness (QED) is 0.728. The molecule has 24 heavy (non-hydrogen) atoms. The number of benzene rings is 1. The van der Waals surface area contributed by atoms with E-state index in [1.165, 1.54) is 6.26 Å². The Kier molecular flexibility index (Phi) is 6.14. The van der Waals surface area contributed by atoms with Crippen LogP contribution in [0.4, 0.5) is 5.69 Å². The average Bonchev–Trinajstić information content (AvgIpc) is 3.07. The van der Waals surface area contributed by atoms with Crippen LogP contribution in [0.25, 0.3) is 0 Å². The number of amides is 2. The number of furan rings is 1. The van der Waals surface area contributed by atoms with E-state index in [4.69, 9.17) is 4.42 Å². The van der Waals surface area contributed by atoms with Crippen LogP contribution < -0.4 is 10.6 Å². The molecule has 2 amide bonds. The van der Waals surface area contributed by atoms with Gasteiger partial charge in [0.2, 0.25) is 0 Å². The van der Waals surface area contributed by atoms with Crippen LogP contribution >= 0.6 is 0 Å². The summed E-state index contributed by atoms with van der Waals surface area (Å²) in [4.78, 5) is 24.1. The van der Waals surface area contributed by atoms with Gasteiger partial charge in [-0.1, -0.05) is 13.0 Å². The molecule has 2 aromatic rings. The largest absolute Gasteiger partial charge is 0.459 e. The predicted octanol–water partition coefficient (Wildman–Crippen LogP) is 2.67. The van der Waals surface area contributed by atoms with Crippen LogP contribution in [-0.2, 0) is 0 Å². The number of hydrogen-bond acceptors (Lipinski definition) is 4. The molecule has 0 aliphatic carbocycles. The maximum atomic E-state index is 12.2. The highest BCUT2D eigenvalue weighted by Gasteiger charge is 2.12. The molecule has 6 heteroatoms. The maximum Gasteiger partial charge on any atom is 0.291 e. The van der Waals surface area contributed by atoms with E-state index < -0.39 is 6.10 Å². The number of carbonyl (C=O) groups is 2. The van der Waals surface area contributed by atoms with Crippen molar-refractivity contribution in [2.45, 2.75) is 26.4 Å². The summed E-state index contributed by atoms with van der Waals surface area (Å²) in [7, 11) is 0. The van der Waals surface area contributed by atoms with Gasteiger partial charge in [0.15, 0.2) is 5.76 Å². The number of aliphatic hydroxyl groups is 1. The van der Waals surface area contributed by atoms with Gasteiger partial charge in [-0.2, -0.15) is 0 Å². The van der Waals surface area contributed by atoms with Crippen LogP contribution in [0.5, 0.6) is 0 Å². The van der Waals surface area contributed by atoms with Crippen LogP contribution in [0, 0.1) is 5.92 Å². The van der Waals surface area contributed by atoms with Gasteiger partial charge in [-0.25, -0.2) is 0 Å². The Bertz CT molecular complexity index is 680. The molecule has 128 valence electrons. The van der Waals surface area contributed by atoms with Crippen molar-refractivity contribution in [3.05, 3.63) is 54.0 Å². The molecule has 0 fully saturated rings. The Morgan fingerprint density at radius 3 is 2.62 bits per heavy atom. The van der Waals surface area contributed by atoms with Gasteiger partial charge in [-0.05, 0) is 49.6 Å². The maximum absolute atomic E-state index is 12.2. The molecule has 0 spiro atoms. The SMILES string of the molecule is CC(O)CC(C)CNC(=O)c1cccc(NC(=O)c2ccco2)c1. The summed E-state index contributed by atoms with van der Waals surface area (Å²) in [5.74, 6) is -0.211. The number of carbonyl (C=O) groups excluding carboxylic acids is 2. The Balaban J connectivity index is 1.94. The summed E-state index contributed by atoms with van der Waals surface area (Å²) in [6, 6.07) is 9.88. The average molecular weight is 330 g/mol.